The van der Waals surface area contributed by atoms with Crippen LogP contribution in [0.15, 0.2) is 0 Å². The van der Waals surface area contributed by atoms with Crippen LogP contribution in [0.2, 0.25) is 0 Å². The van der Waals surface area contributed by atoms with E-state index < -0.39 is 12.6 Å². The second kappa shape index (κ2) is 2.72. The molecule has 0 saturated carbocycles. The Kier molecular flexibility index (Phi) is 2.49. The average molecular weight is 85.9 g/mol. The molecule has 32 valence electrons. The lowest BCUT2D eigenvalue weighted by atomic mass is 10.6. The van der Waals surface area contributed by atoms with Crippen molar-refractivity contribution in [3.63, 3.8) is 0 Å². The van der Waals surface area contributed by atoms with Gasteiger partial charge in [-0.15, -0.1) is 0 Å². The molecule has 0 spiro atoms. The molecule has 0 aliphatic rings. The van der Waals surface area contributed by atoms with Gasteiger partial charge in [-0.3, -0.25) is 0 Å². The van der Waals surface area contributed by atoms with E-state index in [9.17, 15) is 4.79 Å². The third-order valence-electron chi connectivity index (χ3n) is 0.207. The summed E-state index contributed by atoms with van der Waals surface area (Å²) in [5, 5.41) is 7.71. The fourth-order valence-electron chi connectivity index (χ4n) is 0.0713. The lowest BCUT2D eigenvalue weighted by Gasteiger charge is -1.84. The standard InChI is InChI=1S/C2H3BO3/c3-6-1-2(4)5/h1H2,(H,4,5). The summed E-state index contributed by atoms with van der Waals surface area (Å²) in [6.07, 6.45) is 0. The zero-order chi connectivity index (χ0) is 4.99. The van der Waals surface area contributed by atoms with Crippen molar-refractivity contribution < 1.29 is 14.6 Å². The Bertz CT molecular complexity index is 52.8. The van der Waals surface area contributed by atoms with Gasteiger partial charge >= 0.3 is 5.97 Å². The highest BCUT2D eigenvalue weighted by Crippen LogP contribution is 1.60. The molecule has 0 heterocycles. The van der Waals surface area contributed by atoms with Crippen molar-refractivity contribution in [3.8, 4) is 0 Å². The Labute approximate surface area is 36.4 Å². The highest BCUT2D eigenvalue weighted by Gasteiger charge is 1.87. The highest BCUT2D eigenvalue weighted by molar-refractivity contribution is 5.98. The molecule has 0 fully saturated rings. The Balaban J connectivity index is 2.83. The summed E-state index contributed by atoms with van der Waals surface area (Å²) >= 11 is 0. The summed E-state index contributed by atoms with van der Waals surface area (Å²) in [4.78, 5) is 9.39. The fraction of sp³-hybridized carbons (Fsp3) is 0.500. The van der Waals surface area contributed by atoms with Crippen molar-refractivity contribution in [2.75, 3.05) is 6.61 Å². The molecule has 0 aromatic carbocycles. The zero-order valence-electron chi connectivity index (χ0n) is 3.05. The van der Waals surface area contributed by atoms with Gasteiger partial charge in [0, 0.05) is 0 Å². The Morgan fingerprint density at radius 1 is 2.00 bits per heavy atom. The molecule has 0 saturated heterocycles. The van der Waals surface area contributed by atoms with Crippen molar-refractivity contribution in [1.29, 1.82) is 0 Å². The lowest BCUT2D eigenvalue weighted by molar-refractivity contribution is -0.139. The molecule has 0 unspecified atom stereocenters. The van der Waals surface area contributed by atoms with Crippen LogP contribution in [-0.4, -0.2) is 25.7 Å². The first-order chi connectivity index (χ1) is 2.77. The maximum Gasteiger partial charge on any atom is 0.327 e. The van der Waals surface area contributed by atoms with Gasteiger partial charge in [0.05, 0.1) is 0 Å². The predicted octanol–water partition coefficient (Wildman–Crippen LogP) is -0.829. The quantitative estimate of drug-likeness (QED) is 0.446. The molecule has 0 bridgehead atoms. The molecule has 1 N–H and O–H groups in total. The molecule has 0 aliphatic heterocycles. The first kappa shape index (κ1) is 5.49. The molecule has 4 heteroatoms. The van der Waals surface area contributed by atoms with Crippen molar-refractivity contribution >= 4 is 14.0 Å². The third kappa shape index (κ3) is 3.49. The van der Waals surface area contributed by atoms with E-state index in [0.29, 0.717) is 0 Å². The van der Waals surface area contributed by atoms with Crippen molar-refractivity contribution in [3.05, 3.63) is 0 Å². The lowest BCUT2D eigenvalue weighted by Crippen LogP contribution is -2.03. The zero-order valence-corrected chi connectivity index (χ0v) is 3.05. The van der Waals surface area contributed by atoms with Crippen molar-refractivity contribution in [2.45, 2.75) is 0 Å². The summed E-state index contributed by atoms with van der Waals surface area (Å²) in [7, 11) is 4.35. The molecular formula is C2H3BO3. The number of carbonyl (C=O) groups is 1. The molecule has 6 heavy (non-hydrogen) atoms. The SMILES string of the molecule is [B]OCC(=O)O. The number of hydrogen-bond donors (Lipinski definition) is 1. The van der Waals surface area contributed by atoms with Gasteiger partial charge < -0.3 is 9.76 Å². The maximum atomic E-state index is 9.39. The van der Waals surface area contributed by atoms with E-state index >= 15 is 0 Å². The van der Waals surface area contributed by atoms with E-state index in [4.69, 9.17) is 5.11 Å². The molecule has 3 nitrogen and oxygen atoms in total. The van der Waals surface area contributed by atoms with Gasteiger partial charge in [0.15, 0.2) is 0 Å². The van der Waals surface area contributed by atoms with Crippen molar-refractivity contribution in [1.82, 2.24) is 0 Å². The molecule has 0 amide bonds. The van der Waals surface area contributed by atoms with Crippen LogP contribution in [0.3, 0.4) is 0 Å². The normalized spacial score (nSPS) is 8.00. The van der Waals surface area contributed by atoms with Gasteiger partial charge in [0.2, 0.25) is 0 Å². The van der Waals surface area contributed by atoms with E-state index in [0.717, 1.165) is 0 Å². The van der Waals surface area contributed by atoms with Crippen LogP contribution < -0.4 is 0 Å². The Morgan fingerprint density at radius 3 is 2.50 bits per heavy atom. The minimum Gasteiger partial charge on any atom is -0.480 e. The van der Waals surface area contributed by atoms with Crippen LogP contribution in [0.5, 0.6) is 0 Å². The minimum absolute atomic E-state index is 0.431. The van der Waals surface area contributed by atoms with Crippen LogP contribution in [0, 0.1) is 0 Å². The van der Waals surface area contributed by atoms with Crippen LogP contribution in [-0.2, 0) is 9.45 Å². The van der Waals surface area contributed by atoms with Gasteiger partial charge in [0.25, 0.3) is 8.05 Å². The van der Waals surface area contributed by atoms with Crippen LogP contribution >= 0.6 is 0 Å². The Hall–Kier alpha value is -0.505. The fourth-order valence-corrected chi connectivity index (χ4v) is 0.0713. The topological polar surface area (TPSA) is 46.5 Å². The van der Waals surface area contributed by atoms with E-state index in [1.165, 1.54) is 0 Å². The first-order valence-corrected chi connectivity index (χ1v) is 1.31. The van der Waals surface area contributed by atoms with E-state index in [2.05, 4.69) is 12.7 Å². The van der Waals surface area contributed by atoms with Gasteiger partial charge in [-0.1, -0.05) is 0 Å². The van der Waals surface area contributed by atoms with E-state index in [1.807, 2.05) is 0 Å². The number of carboxylic acid groups (broad SMARTS) is 1. The van der Waals surface area contributed by atoms with Crippen LogP contribution in [0.25, 0.3) is 0 Å². The highest BCUT2D eigenvalue weighted by atomic mass is 16.5. The third-order valence-corrected chi connectivity index (χ3v) is 0.207. The predicted molar refractivity (Wildman–Crippen MR) is 19.3 cm³/mol. The maximum absolute atomic E-state index is 9.39. The number of carboxylic acids is 1. The van der Waals surface area contributed by atoms with Crippen LogP contribution in [0.1, 0.15) is 0 Å². The van der Waals surface area contributed by atoms with Crippen LogP contribution in [0.4, 0.5) is 0 Å². The number of rotatable bonds is 2. The summed E-state index contributed by atoms with van der Waals surface area (Å²) < 4.78 is 3.70. The molecule has 0 atom stereocenters. The molecule has 0 aromatic rings. The minimum atomic E-state index is -1.06. The summed E-state index contributed by atoms with van der Waals surface area (Å²) in [5.74, 6) is -1.06. The monoisotopic (exact) mass is 86.0 g/mol. The second-order valence-electron chi connectivity index (χ2n) is 0.705. The van der Waals surface area contributed by atoms with E-state index in [-0.39, 0.29) is 0 Å². The summed E-state index contributed by atoms with van der Waals surface area (Å²) in [6, 6.07) is 0. The molecular weight excluding hydrogens is 82.8 g/mol. The van der Waals surface area contributed by atoms with Gasteiger partial charge in [0.1, 0.15) is 6.61 Å². The molecule has 2 radical (unpaired) electrons. The van der Waals surface area contributed by atoms with Gasteiger partial charge in [-0.25, -0.2) is 4.79 Å². The summed E-state index contributed by atoms with van der Waals surface area (Å²) in [5.41, 5.74) is 0. The molecule has 0 rings (SSSR count). The largest absolute Gasteiger partial charge is 0.480 e. The average Bonchev–Trinajstić information content (AvgIpc) is 1.35. The first-order valence-electron chi connectivity index (χ1n) is 1.31. The second-order valence-corrected chi connectivity index (χ2v) is 0.705. The van der Waals surface area contributed by atoms with Gasteiger partial charge in [-0.05, 0) is 0 Å². The smallest absolute Gasteiger partial charge is 0.327 e. The molecule has 0 aliphatic carbocycles. The summed E-state index contributed by atoms with van der Waals surface area (Å²) in [6.45, 7) is -0.431. The number of aliphatic carboxylic acids is 1. The Morgan fingerprint density at radius 2 is 2.50 bits per heavy atom. The molecule has 0 aromatic heterocycles. The van der Waals surface area contributed by atoms with E-state index in [1.54, 1.807) is 0 Å². The van der Waals surface area contributed by atoms with Gasteiger partial charge in [-0.2, -0.15) is 0 Å². The van der Waals surface area contributed by atoms with Crippen molar-refractivity contribution in [2.24, 2.45) is 0 Å². The number of hydrogen-bond acceptors (Lipinski definition) is 2.